The number of amides is 3. The van der Waals surface area contributed by atoms with Crippen LogP contribution in [0.15, 0.2) is 54.6 Å². The molecule has 2 aliphatic rings. The van der Waals surface area contributed by atoms with E-state index in [-0.39, 0.29) is 24.1 Å². The average Bonchev–Trinajstić information content (AvgIpc) is 3.00. The van der Waals surface area contributed by atoms with Gasteiger partial charge >= 0.3 is 0 Å². The minimum absolute atomic E-state index is 0.0820. The molecule has 0 saturated carbocycles. The van der Waals surface area contributed by atoms with Gasteiger partial charge in [0.25, 0.3) is 0 Å². The van der Waals surface area contributed by atoms with E-state index in [9.17, 15) is 14.4 Å². The maximum absolute atomic E-state index is 13.9. The molecular formula is C33H47ClN6O3. The van der Waals surface area contributed by atoms with E-state index in [0.717, 1.165) is 56.7 Å². The van der Waals surface area contributed by atoms with Crippen LogP contribution in [0.2, 0.25) is 5.02 Å². The molecule has 2 atom stereocenters. The summed E-state index contributed by atoms with van der Waals surface area (Å²) in [5.74, 6) is 0.304. The molecule has 2 unspecified atom stereocenters. The van der Waals surface area contributed by atoms with Crippen molar-refractivity contribution < 1.29 is 14.4 Å². The van der Waals surface area contributed by atoms with Gasteiger partial charge in [0.1, 0.15) is 6.04 Å². The van der Waals surface area contributed by atoms with Gasteiger partial charge in [0.2, 0.25) is 17.7 Å². The van der Waals surface area contributed by atoms with Gasteiger partial charge in [0.15, 0.2) is 0 Å². The molecule has 0 bridgehead atoms. The van der Waals surface area contributed by atoms with Gasteiger partial charge in [-0.2, -0.15) is 0 Å². The summed E-state index contributed by atoms with van der Waals surface area (Å²) in [6.07, 6.45) is 2.36. The molecule has 10 heteroatoms. The van der Waals surface area contributed by atoms with Crippen LogP contribution in [-0.2, 0) is 20.8 Å². The van der Waals surface area contributed by atoms with Crippen molar-refractivity contribution in [2.45, 2.75) is 64.6 Å². The Balaban J connectivity index is 1.40. The number of nitrogens with one attached hydrogen (secondary N) is 1. The summed E-state index contributed by atoms with van der Waals surface area (Å²) >= 11 is 6.10. The summed E-state index contributed by atoms with van der Waals surface area (Å²) in [6, 6.07) is 16.1. The lowest BCUT2D eigenvalue weighted by Gasteiger charge is -2.47. The zero-order valence-electron chi connectivity index (χ0n) is 25.8. The van der Waals surface area contributed by atoms with Gasteiger partial charge in [-0.1, -0.05) is 67.9 Å². The van der Waals surface area contributed by atoms with E-state index in [0.29, 0.717) is 36.5 Å². The van der Waals surface area contributed by atoms with Crippen LogP contribution in [0.3, 0.4) is 0 Å². The summed E-state index contributed by atoms with van der Waals surface area (Å²) in [5.41, 5.74) is 8.13. The van der Waals surface area contributed by atoms with Gasteiger partial charge in [0.05, 0.1) is 0 Å². The third kappa shape index (κ3) is 9.50. The van der Waals surface area contributed by atoms with Gasteiger partial charge in [0, 0.05) is 82.7 Å². The molecule has 0 aliphatic carbocycles. The van der Waals surface area contributed by atoms with E-state index in [1.54, 1.807) is 19.1 Å². The van der Waals surface area contributed by atoms with Crippen molar-refractivity contribution in [1.29, 1.82) is 0 Å². The largest absolute Gasteiger partial charge is 0.344 e. The van der Waals surface area contributed by atoms with E-state index in [1.165, 1.54) is 0 Å². The van der Waals surface area contributed by atoms with Crippen LogP contribution in [0.4, 0.5) is 0 Å². The van der Waals surface area contributed by atoms with Crippen molar-refractivity contribution in [3.8, 4) is 0 Å². The highest BCUT2D eigenvalue weighted by molar-refractivity contribution is 6.30. The van der Waals surface area contributed by atoms with E-state index >= 15 is 0 Å². The minimum Gasteiger partial charge on any atom is -0.344 e. The molecule has 3 N–H and O–H groups in total. The van der Waals surface area contributed by atoms with Crippen LogP contribution in [-0.4, -0.2) is 95.4 Å². The maximum Gasteiger partial charge on any atom is 0.245 e. The number of likely N-dealkylation sites (tertiary alicyclic amines) is 1. The first-order valence-electron chi connectivity index (χ1n) is 15.5. The SMILES string of the molecule is CC(=O)N1CCC(N(CC(C)C)N2CCN(C(=O)C(Cc3ccc(Cl)cc3)NC(=O)CC(N)c3ccccc3)CC2)CC1. The number of hydrogen-bond donors (Lipinski definition) is 2. The van der Waals surface area contributed by atoms with Crippen LogP contribution < -0.4 is 11.1 Å². The number of hydrazine groups is 1. The molecule has 2 aromatic rings. The third-order valence-corrected chi connectivity index (χ3v) is 8.69. The second-order valence-electron chi connectivity index (χ2n) is 12.2. The fourth-order valence-corrected chi connectivity index (χ4v) is 6.20. The highest BCUT2D eigenvalue weighted by Crippen LogP contribution is 2.22. The molecule has 0 spiro atoms. The molecule has 234 valence electrons. The van der Waals surface area contributed by atoms with Crippen LogP contribution in [0, 0.1) is 5.92 Å². The third-order valence-electron chi connectivity index (χ3n) is 8.43. The molecule has 9 nitrogen and oxygen atoms in total. The van der Waals surface area contributed by atoms with Crippen LogP contribution in [0.1, 0.15) is 57.2 Å². The zero-order valence-corrected chi connectivity index (χ0v) is 26.5. The van der Waals surface area contributed by atoms with Gasteiger partial charge in [-0.3, -0.25) is 14.4 Å². The number of nitrogens with zero attached hydrogens (tertiary/aromatic N) is 4. The number of nitrogens with two attached hydrogens (primary N) is 1. The molecule has 0 radical (unpaired) electrons. The molecule has 2 aliphatic heterocycles. The quantitative estimate of drug-likeness (QED) is 0.404. The summed E-state index contributed by atoms with van der Waals surface area (Å²) in [6.45, 7) is 11.2. The molecular weight excluding hydrogens is 564 g/mol. The lowest BCUT2D eigenvalue weighted by Crippen LogP contribution is -2.61. The number of benzene rings is 2. The summed E-state index contributed by atoms with van der Waals surface area (Å²) in [7, 11) is 0. The summed E-state index contributed by atoms with van der Waals surface area (Å²) < 4.78 is 0. The molecule has 43 heavy (non-hydrogen) atoms. The fraction of sp³-hybridized carbons (Fsp3) is 0.545. The Morgan fingerprint density at radius 1 is 0.930 bits per heavy atom. The lowest BCUT2D eigenvalue weighted by molar-refractivity contribution is -0.146. The molecule has 2 aromatic carbocycles. The predicted octanol–water partition coefficient (Wildman–Crippen LogP) is 3.49. The van der Waals surface area contributed by atoms with Crippen LogP contribution in [0.25, 0.3) is 0 Å². The number of piperazine rings is 1. The van der Waals surface area contributed by atoms with Crippen molar-refractivity contribution in [2.24, 2.45) is 11.7 Å². The van der Waals surface area contributed by atoms with Gasteiger partial charge in [-0.25, -0.2) is 10.0 Å². The Labute approximate surface area is 261 Å². The van der Waals surface area contributed by atoms with Crippen molar-refractivity contribution in [3.63, 3.8) is 0 Å². The highest BCUT2D eigenvalue weighted by atomic mass is 35.5. The first kappa shape index (κ1) is 32.9. The van der Waals surface area contributed by atoms with Crippen LogP contribution >= 0.6 is 11.6 Å². The standard InChI is InChI=1S/C33H47ClN6O3/c1-24(2)23-40(29-13-15-37(16-14-29)25(3)41)39-19-17-38(18-20-39)33(43)31(21-26-9-11-28(34)12-10-26)36-32(42)22-30(35)27-7-5-4-6-8-27/h4-12,24,29-31H,13-23,35H2,1-3H3,(H,36,42). The Morgan fingerprint density at radius 3 is 2.14 bits per heavy atom. The highest BCUT2D eigenvalue weighted by Gasteiger charge is 2.34. The minimum atomic E-state index is -0.703. The number of carbonyl (C=O) groups excluding carboxylic acids is 3. The Hall–Kier alpha value is -2.98. The fourth-order valence-electron chi connectivity index (χ4n) is 6.07. The first-order chi connectivity index (χ1) is 20.6. The van der Waals surface area contributed by atoms with Crippen LogP contribution in [0.5, 0.6) is 0 Å². The second-order valence-corrected chi connectivity index (χ2v) is 12.6. The maximum atomic E-state index is 13.9. The monoisotopic (exact) mass is 610 g/mol. The Kier molecular flexibility index (Phi) is 12.0. The predicted molar refractivity (Wildman–Crippen MR) is 170 cm³/mol. The van der Waals surface area contributed by atoms with Crippen molar-refractivity contribution >= 4 is 29.3 Å². The van der Waals surface area contributed by atoms with Gasteiger partial charge in [-0.15, -0.1) is 0 Å². The smallest absolute Gasteiger partial charge is 0.245 e. The van der Waals surface area contributed by atoms with Crippen molar-refractivity contribution in [2.75, 3.05) is 45.8 Å². The van der Waals surface area contributed by atoms with E-state index < -0.39 is 12.1 Å². The van der Waals surface area contributed by atoms with Crippen molar-refractivity contribution in [3.05, 3.63) is 70.7 Å². The molecule has 2 saturated heterocycles. The average molecular weight is 611 g/mol. The Morgan fingerprint density at radius 2 is 1.56 bits per heavy atom. The Bertz CT molecular complexity index is 1190. The molecule has 0 aromatic heterocycles. The number of rotatable bonds is 11. The topological polar surface area (TPSA) is 102 Å². The molecule has 3 amide bonds. The number of piperidine rings is 1. The van der Waals surface area contributed by atoms with E-state index in [2.05, 4.69) is 29.2 Å². The molecule has 2 fully saturated rings. The zero-order chi connectivity index (χ0) is 30.9. The number of halogens is 1. The normalized spacial score (nSPS) is 18.1. The summed E-state index contributed by atoms with van der Waals surface area (Å²) in [4.78, 5) is 42.7. The number of carbonyl (C=O) groups is 3. The van der Waals surface area contributed by atoms with Gasteiger partial charge < -0.3 is 20.9 Å². The van der Waals surface area contributed by atoms with Gasteiger partial charge in [-0.05, 0) is 42.0 Å². The lowest BCUT2D eigenvalue weighted by atomic mass is 10.0. The van der Waals surface area contributed by atoms with E-state index in [1.807, 2.05) is 52.3 Å². The second kappa shape index (κ2) is 15.7. The van der Waals surface area contributed by atoms with Crippen molar-refractivity contribution in [1.82, 2.24) is 25.1 Å². The number of hydrogen-bond acceptors (Lipinski definition) is 6. The first-order valence-corrected chi connectivity index (χ1v) is 15.9. The molecule has 2 heterocycles. The van der Waals surface area contributed by atoms with E-state index in [4.69, 9.17) is 17.3 Å². The molecule has 4 rings (SSSR count). The summed E-state index contributed by atoms with van der Waals surface area (Å²) in [5, 5.41) is 8.51.